The van der Waals surface area contributed by atoms with Crippen LogP contribution < -0.4 is 14.8 Å². The molecule has 1 aliphatic rings. The molecular formula is C17H16N2O2. The topological polar surface area (TPSA) is 35.4 Å². The molecule has 1 N–H and O–H groups in total. The number of benzene rings is 2. The molecular weight excluding hydrogens is 264 g/mol. The Labute approximate surface area is 122 Å². The van der Waals surface area contributed by atoms with Gasteiger partial charge in [-0.25, -0.2) is 0 Å². The van der Waals surface area contributed by atoms with Crippen molar-refractivity contribution in [3.05, 3.63) is 54.2 Å². The van der Waals surface area contributed by atoms with E-state index in [4.69, 9.17) is 9.47 Å². The number of rotatable bonds is 3. The molecule has 4 rings (SSSR count). The van der Waals surface area contributed by atoms with E-state index in [0.717, 1.165) is 23.7 Å². The average molecular weight is 280 g/mol. The molecule has 4 heteroatoms. The van der Waals surface area contributed by atoms with Crippen molar-refractivity contribution < 1.29 is 9.47 Å². The van der Waals surface area contributed by atoms with Gasteiger partial charge in [0.2, 0.25) is 6.79 Å². The summed E-state index contributed by atoms with van der Waals surface area (Å²) in [6.45, 7) is 1.09. The van der Waals surface area contributed by atoms with Crippen molar-refractivity contribution >= 4 is 16.6 Å². The van der Waals surface area contributed by atoms with Crippen LogP contribution in [-0.4, -0.2) is 11.4 Å². The zero-order chi connectivity index (χ0) is 14.2. The molecule has 0 atom stereocenters. The Kier molecular flexibility index (Phi) is 2.74. The van der Waals surface area contributed by atoms with Crippen molar-refractivity contribution in [2.24, 2.45) is 7.05 Å². The Morgan fingerprint density at radius 3 is 2.90 bits per heavy atom. The van der Waals surface area contributed by atoms with Gasteiger partial charge in [-0.3, -0.25) is 0 Å². The Hall–Kier alpha value is -2.62. The summed E-state index contributed by atoms with van der Waals surface area (Å²) in [5.41, 5.74) is 3.57. The molecule has 0 amide bonds. The van der Waals surface area contributed by atoms with Crippen LogP contribution in [-0.2, 0) is 13.6 Å². The van der Waals surface area contributed by atoms with Crippen molar-refractivity contribution in [2.45, 2.75) is 6.54 Å². The third-order valence-corrected chi connectivity index (χ3v) is 3.84. The van der Waals surface area contributed by atoms with Crippen LogP contribution in [0.25, 0.3) is 10.9 Å². The lowest BCUT2D eigenvalue weighted by Gasteiger charge is -2.06. The van der Waals surface area contributed by atoms with E-state index in [2.05, 4.69) is 47.4 Å². The van der Waals surface area contributed by atoms with Crippen LogP contribution in [0.5, 0.6) is 11.5 Å². The van der Waals surface area contributed by atoms with E-state index in [-0.39, 0.29) is 0 Å². The number of aryl methyl sites for hydroxylation is 1. The van der Waals surface area contributed by atoms with Gasteiger partial charge in [0.25, 0.3) is 0 Å². The molecule has 4 nitrogen and oxygen atoms in total. The maximum absolute atomic E-state index is 5.40. The summed E-state index contributed by atoms with van der Waals surface area (Å²) in [6, 6.07) is 14.4. The van der Waals surface area contributed by atoms with Gasteiger partial charge in [0.15, 0.2) is 11.5 Å². The molecule has 21 heavy (non-hydrogen) atoms. The highest BCUT2D eigenvalue weighted by Gasteiger charge is 2.13. The van der Waals surface area contributed by atoms with Gasteiger partial charge in [0.1, 0.15) is 0 Å². The monoisotopic (exact) mass is 280 g/mol. The summed E-state index contributed by atoms with van der Waals surface area (Å²) < 4.78 is 12.9. The van der Waals surface area contributed by atoms with E-state index >= 15 is 0 Å². The van der Waals surface area contributed by atoms with Crippen LogP contribution in [0.2, 0.25) is 0 Å². The molecule has 1 aliphatic heterocycles. The molecule has 0 saturated carbocycles. The Morgan fingerprint density at radius 1 is 1.10 bits per heavy atom. The van der Waals surface area contributed by atoms with Gasteiger partial charge >= 0.3 is 0 Å². The summed E-state index contributed by atoms with van der Waals surface area (Å²) in [4.78, 5) is 0. The van der Waals surface area contributed by atoms with E-state index < -0.39 is 0 Å². The van der Waals surface area contributed by atoms with E-state index in [1.54, 1.807) is 0 Å². The number of hydrogen-bond donors (Lipinski definition) is 1. The van der Waals surface area contributed by atoms with Crippen molar-refractivity contribution in [1.29, 1.82) is 0 Å². The second kappa shape index (κ2) is 4.74. The van der Waals surface area contributed by atoms with Gasteiger partial charge < -0.3 is 19.4 Å². The first-order chi connectivity index (χ1) is 10.3. The molecule has 0 unspecified atom stereocenters. The maximum Gasteiger partial charge on any atom is 0.231 e. The minimum atomic E-state index is 0.308. The molecule has 0 saturated heterocycles. The van der Waals surface area contributed by atoms with Crippen molar-refractivity contribution in [3.8, 4) is 11.5 Å². The summed E-state index contributed by atoms with van der Waals surface area (Å²) >= 11 is 0. The summed E-state index contributed by atoms with van der Waals surface area (Å²) in [6.07, 6.45) is 2.17. The van der Waals surface area contributed by atoms with Gasteiger partial charge in [-0.2, -0.15) is 0 Å². The van der Waals surface area contributed by atoms with E-state index in [1.807, 2.05) is 18.2 Å². The lowest BCUT2D eigenvalue weighted by atomic mass is 10.1. The predicted molar refractivity (Wildman–Crippen MR) is 82.8 cm³/mol. The van der Waals surface area contributed by atoms with E-state index in [9.17, 15) is 0 Å². The van der Waals surface area contributed by atoms with Gasteiger partial charge in [-0.05, 0) is 23.8 Å². The fraction of sp³-hybridized carbons (Fsp3) is 0.176. The zero-order valence-corrected chi connectivity index (χ0v) is 11.8. The fourth-order valence-electron chi connectivity index (χ4n) is 2.77. The number of nitrogens with zero attached hydrogens (tertiary/aromatic N) is 1. The Bertz CT molecular complexity index is 808. The number of fused-ring (bicyclic) bond motifs is 2. The fourth-order valence-corrected chi connectivity index (χ4v) is 2.77. The van der Waals surface area contributed by atoms with E-state index in [1.165, 1.54) is 16.5 Å². The SMILES string of the molecule is Cn1cc(CNc2ccc3c(c2)OCO3)c2ccccc21. The molecule has 0 aliphatic carbocycles. The predicted octanol–water partition coefficient (Wildman–Crippen LogP) is 3.52. The number of nitrogens with one attached hydrogen (secondary N) is 1. The number of ether oxygens (including phenoxy) is 2. The number of hydrogen-bond acceptors (Lipinski definition) is 3. The molecule has 106 valence electrons. The van der Waals surface area contributed by atoms with Gasteiger partial charge in [0, 0.05) is 42.4 Å². The second-order valence-corrected chi connectivity index (χ2v) is 5.20. The van der Waals surface area contributed by atoms with Crippen LogP contribution >= 0.6 is 0 Å². The molecule has 3 aromatic rings. The third kappa shape index (κ3) is 2.09. The summed E-state index contributed by atoms with van der Waals surface area (Å²) in [5.74, 6) is 1.61. The zero-order valence-electron chi connectivity index (χ0n) is 11.8. The normalized spacial score (nSPS) is 12.8. The maximum atomic E-state index is 5.40. The van der Waals surface area contributed by atoms with Gasteiger partial charge in [-0.15, -0.1) is 0 Å². The van der Waals surface area contributed by atoms with Crippen molar-refractivity contribution in [2.75, 3.05) is 12.1 Å². The first kappa shape index (κ1) is 12.1. The van der Waals surface area contributed by atoms with Gasteiger partial charge in [0.05, 0.1) is 0 Å². The summed E-state index contributed by atoms with van der Waals surface area (Å²) in [7, 11) is 2.08. The number of para-hydroxylation sites is 1. The van der Waals surface area contributed by atoms with E-state index in [0.29, 0.717) is 6.79 Å². The van der Waals surface area contributed by atoms with Crippen LogP contribution in [0.15, 0.2) is 48.7 Å². The molecule has 1 aromatic heterocycles. The largest absolute Gasteiger partial charge is 0.454 e. The quantitative estimate of drug-likeness (QED) is 0.797. The third-order valence-electron chi connectivity index (χ3n) is 3.84. The standard InChI is InChI=1S/C17H16N2O2/c1-19-10-12(14-4-2-3-5-15(14)19)9-18-13-6-7-16-17(8-13)21-11-20-16/h2-8,10,18H,9,11H2,1H3. The van der Waals surface area contributed by atoms with Crippen LogP contribution in [0, 0.1) is 0 Å². The van der Waals surface area contributed by atoms with Crippen molar-refractivity contribution in [3.63, 3.8) is 0 Å². The molecule has 0 fully saturated rings. The average Bonchev–Trinajstić information content (AvgIpc) is 3.10. The minimum absolute atomic E-state index is 0.308. The highest BCUT2D eigenvalue weighted by atomic mass is 16.7. The highest BCUT2D eigenvalue weighted by molar-refractivity contribution is 5.84. The van der Waals surface area contributed by atoms with Crippen LogP contribution in [0.4, 0.5) is 5.69 Å². The molecule has 2 heterocycles. The highest BCUT2D eigenvalue weighted by Crippen LogP contribution is 2.34. The second-order valence-electron chi connectivity index (χ2n) is 5.20. The van der Waals surface area contributed by atoms with Gasteiger partial charge in [-0.1, -0.05) is 18.2 Å². The Morgan fingerprint density at radius 2 is 1.95 bits per heavy atom. The minimum Gasteiger partial charge on any atom is -0.454 e. The molecule has 2 aromatic carbocycles. The van der Waals surface area contributed by atoms with Crippen LogP contribution in [0.3, 0.4) is 0 Å². The lowest BCUT2D eigenvalue weighted by Crippen LogP contribution is -1.98. The molecule has 0 bridgehead atoms. The molecule has 0 radical (unpaired) electrons. The first-order valence-electron chi connectivity index (χ1n) is 6.98. The number of aromatic nitrogens is 1. The number of anilines is 1. The summed E-state index contributed by atoms with van der Waals surface area (Å²) in [5, 5.41) is 4.73. The van der Waals surface area contributed by atoms with Crippen LogP contribution in [0.1, 0.15) is 5.56 Å². The Balaban J connectivity index is 1.58. The van der Waals surface area contributed by atoms with Crippen molar-refractivity contribution in [1.82, 2.24) is 4.57 Å². The first-order valence-corrected chi connectivity index (χ1v) is 6.98. The smallest absolute Gasteiger partial charge is 0.231 e. The molecule has 0 spiro atoms. The lowest BCUT2D eigenvalue weighted by molar-refractivity contribution is 0.174.